The quantitative estimate of drug-likeness (QED) is 0.870. The number of hydrogen-bond donors (Lipinski definition) is 1. The fraction of sp³-hybridized carbons (Fsp3) is 0.143. The first-order chi connectivity index (χ1) is 8.28. The molecule has 3 heteroatoms. The number of pyridine rings is 1. The van der Waals surface area contributed by atoms with Crippen molar-refractivity contribution in [2.45, 2.75) is 13.5 Å². The summed E-state index contributed by atoms with van der Waals surface area (Å²) in [6.45, 7) is 2.76. The molecular formula is C14H13N3. The van der Waals surface area contributed by atoms with Crippen LogP contribution in [0.1, 0.15) is 16.8 Å². The van der Waals surface area contributed by atoms with Crippen LogP contribution < -0.4 is 5.32 Å². The summed E-state index contributed by atoms with van der Waals surface area (Å²) < 4.78 is 0. The maximum atomic E-state index is 8.74. The van der Waals surface area contributed by atoms with Crippen LogP contribution in [-0.4, -0.2) is 4.98 Å². The Morgan fingerprint density at radius 1 is 1.24 bits per heavy atom. The highest BCUT2D eigenvalue weighted by molar-refractivity contribution is 5.45. The second-order valence-electron chi connectivity index (χ2n) is 3.88. The number of anilines is 1. The van der Waals surface area contributed by atoms with Gasteiger partial charge in [-0.3, -0.25) is 0 Å². The minimum atomic E-state index is 0.452. The van der Waals surface area contributed by atoms with Gasteiger partial charge in [0.05, 0.1) is 0 Å². The molecule has 0 unspecified atom stereocenters. The molecule has 0 amide bonds. The standard InChI is InChI=1S/C14H13N3/c1-11-2-4-13(5-3-11)17-10-12-6-7-16-14(8-12)9-15/h2-8,17H,10H2,1H3. The van der Waals surface area contributed by atoms with E-state index in [1.54, 1.807) is 12.3 Å². The van der Waals surface area contributed by atoms with Crippen LogP contribution in [0, 0.1) is 18.3 Å². The minimum Gasteiger partial charge on any atom is -0.381 e. The molecule has 0 saturated heterocycles. The van der Waals surface area contributed by atoms with Crippen molar-refractivity contribution in [2.75, 3.05) is 5.32 Å². The summed E-state index contributed by atoms with van der Waals surface area (Å²) in [5.74, 6) is 0. The van der Waals surface area contributed by atoms with Crippen molar-refractivity contribution in [2.24, 2.45) is 0 Å². The number of nitrogens with zero attached hydrogens (tertiary/aromatic N) is 2. The molecule has 1 N–H and O–H groups in total. The van der Waals surface area contributed by atoms with Gasteiger partial charge in [0, 0.05) is 18.4 Å². The maximum absolute atomic E-state index is 8.74. The molecule has 1 aromatic heterocycles. The van der Waals surface area contributed by atoms with Gasteiger partial charge in [0.15, 0.2) is 0 Å². The van der Waals surface area contributed by atoms with E-state index in [1.807, 2.05) is 24.3 Å². The van der Waals surface area contributed by atoms with Crippen molar-refractivity contribution >= 4 is 5.69 Å². The highest BCUT2D eigenvalue weighted by Gasteiger charge is 1.96. The Bertz CT molecular complexity index is 538. The zero-order valence-corrected chi connectivity index (χ0v) is 9.64. The van der Waals surface area contributed by atoms with Crippen molar-refractivity contribution in [1.82, 2.24) is 4.98 Å². The number of aromatic nitrogens is 1. The van der Waals surface area contributed by atoms with Gasteiger partial charge in [0.2, 0.25) is 0 Å². The predicted octanol–water partition coefficient (Wildman–Crippen LogP) is 2.87. The third-order valence-electron chi connectivity index (χ3n) is 2.49. The minimum absolute atomic E-state index is 0.452. The summed E-state index contributed by atoms with van der Waals surface area (Å²) in [7, 11) is 0. The van der Waals surface area contributed by atoms with Crippen molar-refractivity contribution in [3.63, 3.8) is 0 Å². The SMILES string of the molecule is Cc1ccc(NCc2ccnc(C#N)c2)cc1. The molecule has 0 saturated carbocycles. The number of nitriles is 1. The topological polar surface area (TPSA) is 48.7 Å². The Morgan fingerprint density at radius 2 is 2.00 bits per heavy atom. The van der Waals surface area contributed by atoms with Crippen molar-refractivity contribution in [1.29, 1.82) is 5.26 Å². The van der Waals surface area contributed by atoms with E-state index >= 15 is 0 Å². The third kappa shape index (κ3) is 3.05. The lowest BCUT2D eigenvalue weighted by Crippen LogP contribution is -2.00. The van der Waals surface area contributed by atoms with Gasteiger partial charge in [-0.15, -0.1) is 0 Å². The highest BCUT2D eigenvalue weighted by Crippen LogP contribution is 2.10. The van der Waals surface area contributed by atoms with Crippen molar-refractivity contribution in [3.05, 3.63) is 59.4 Å². The molecule has 17 heavy (non-hydrogen) atoms. The summed E-state index contributed by atoms with van der Waals surface area (Å²) in [5.41, 5.74) is 3.82. The zero-order chi connectivity index (χ0) is 12.1. The lowest BCUT2D eigenvalue weighted by molar-refractivity contribution is 1.11. The number of benzene rings is 1. The van der Waals surface area contributed by atoms with Gasteiger partial charge in [-0.05, 0) is 36.8 Å². The molecule has 0 bridgehead atoms. The molecule has 2 rings (SSSR count). The van der Waals surface area contributed by atoms with Crippen LogP contribution in [0.3, 0.4) is 0 Å². The average Bonchev–Trinajstić information content (AvgIpc) is 2.38. The smallest absolute Gasteiger partial charge is 0.140 e. The Morgan fingerprint density at radius 3 is 2.71 bits per heavy atom. The monoisotopic (exact) mass is 223 g/mol. The molecule has 1 heterocycles. The Kier molecular flexibility index (Phi) is 3.37. The van der Waals surface area contributed by atoms with Gasteiger partial charge < -0.3 is 5.32 Å². The molecule has 1 aromatic carbocycles. The van der Waals surface area contributed by atoms with Crippen molar-refractivity contribution < 1.29 is 0 Å². The normalized spacial score (nSPS) is 9.65. The summed E-state index contributed by atoms with van der Waals surface area (Å²) in [4.78, 5) is 3.94. The van der Waals surface area contributed by atoms with Crippen LogP contribution in [-0.2, 0) is 6.54 Å². The predicted molar refractivity (Wildman–Crippen MR) is 67.5 cm³/mol. The number of hydrogen-bond acceptors (Lipinski definition) is 3. The average molecular weight is 223 g/mol. The first-order valence-corrected chi connectivity index (χ1v) is 5.43. The van der Waals surface area contributed by atoms with E-state index in [0.717, 1.165) is 11.3 Å². The summed E-state index contributed by atoms with van der Waals surface area (Å²) in [6.07, 6.45) is 1.66. The van der Waals surface area contributed by atoms with E-state index in [-0.39, 0.29) is 0 Å². The largest absolute Gasteiger partial charge is 0.381 e. The van der Waals surface area contributed by atoms with Crippen LogP contribution >= 0.6 is 0 Å². The van der Waals surface area contributed by atoms with Gasteiger partial charge in [0.25, 0.3) is 0 Å². The van der Waals surface area contributed by atoms with E-state index in [1.165, 1.54) is 5.56 Å². The van der Waals surface area contributed by atoms with Gasteiger partial charge in [-0.25, -0.2) is 4.98 Å². The summed E-state index contributed by atoms with van der Waals surface area (Å²) in [6, 6.07) is 13.9. The maximum Gasteiger partial charge on any atom is 0.140 e. The lowest BCUT2D eigenvalue weighted by atomic mass is 10.2. The van der Waals surface area contributed by atoms with E-state index in [0.29, 0.717) is 12.2 Å². The molecule has 3 nitrogen and oxygen atoms in total. The van der Waals surface area contributed by atoms with Crippen LogP contribution in [0.4, 0.5) is 5.69 Å². The van der Waals surface area contributed by atoms with E-state index in [4.69, 9.17) is 5.26 Å². The molecule has 0 aliphatic heterocycles. The first-order valence-electron chi connectivity index (χ1n) is 5.43. The van der Waals surface area contributed by atoms with Gasteiger partial charge in [0.1, 0.15) is 11.8 Å². The van der Waals surface area contributed by atoms with E-state index in [2.05, 4.69) is 29.4 Å². The zero-order valence-electron chi connectivity index (χ0n) is 9.64. The lowest BCUT2D eigenvalue weighted by Gasteiger charge is -2.06. The molecular weight excluding hydrogens is 210 g/mol. The van der Waals surface area contributed by atoms with E-state index < -0.39 is 0 Å². The van der Waals surface area contributed by atoms with E-state index in [9.17, 15) is 0 Å². The number of nitrogens with one attached hydrogen (secondary N) is 1. The highest BCUT2D eigenvalue weighted by atomic mass is 14.9. The van der Waals surface area contributed by atoms with Gasteiger partial charge in [-0.2, -0.15) is 5.26 Å². The molecule has 0 spiro atoms. The van der Waals surface area contributed by atoms with Gasteiger partial charge in [-0.1, -0.05) is 17.7 Å². The Labute approximate surface area is 101 Å². The van der Waals surface area contributed by atoms with Crippen LogP contribution in [0.25, 0.3) is 0 Å². The molecule has 0 aliphatic rings. The third-order valence-corrected chi connectivity index (χ3v) is 2.49. The second-order valence-corrected chi connectivity index (χ2v) is 3.88. The molecule has 0 aliphatic carbocycles. The summed E-state index contributed by atoms with van der Waals surface area (Å²) >= 11 is 0. The number of aryl methyl sites for hydroxylation is 1. The second kappa shape index (κ2) is 5.13. The Balaban J connectivity index is 2.02. The Hall–Kier alpha value is -2.34. The molecule has 0 fully saturated rings. The molecule has 0 atom stereocenters. The van der Waals surface area contributed by atoms with Crippen LogP contribution in [0.5, 0.6) is 0 Å². The molecule has 2 aromatic rings. The molecule has 84 valence electrons. The fourth-order valence-corrected chi connectivity index (χ4v) is 1.52. The van der Waals surface area contributed by atoms with Crippen LogP contribution in [0.2, 0.25) is 0 Å². The molecule has 0 radical (unpaired) electrons. The fourth-order valence-electron chi connectivity index (χ4n) is 1.52. The first kappa shape index (κ1) is 11.2. The summed E-state index contributed by atoms with van der Waals surface area (Å²) in [5, 5.41) is 12.0. The van der Waals surface area contributed by atoms with Crippen LogP contribution in [0.15, 0.2) is 42.6 Å². The van der Waals surface area contributed by atoms with Gasteiger partial charge >= 0.3 is 0 Å². The number of rotatable bonds is 3. The van der Waals surface area contributed by atoms with Crippen molar-refractivity contribution in [3.8, 4) is 6.07 Å².